The van der Waals surface area contributed by atoms with E-state index in [1.165, 1.54) is 22.8 Å². The van der Waals surface area contributed by atoms with E-state index < -0.39 is 15.9 Å². The SMILES string of the molecule is Cc1cc(S(=O)(=O)NC(=O)c2ccc(N3CCN(CC4=C(c5ccc(Cl)cc5)CC(C)(C)CC4)CC3)cc2Oc2cc3cc[nH]c3cn2)ccc1NCC1CCOCC1. The topological polar surface area (TPSA) is 129 Å². The lowest BCUT2D eigenvalue weighted by Gasteiger charge is -2.39. The Hall–Kier alpha value is -4.88. The van der Waals surface area contributed by atoms with Crippen molar-refractivity contribution >= 4 is 55.4 Å². The average molecular weight is 837 g/mol. The number of piperazine rings is 1. The molecule has 11 nitrogen and oxygen atoms in total. The van der Waals surface area contributed by atoms with E-state index in [9.17, 15) is 13.2 Å². The van der Waals surface area contributed by atoms with Gasteiger partial charge in [-0.2, -0.15) is 0 Å². The maximum absolute atomic E-state index is 13.9. The molecule has 3 aliphatic rings. The predicted molar refractivity (Wildman–Crippen MR) is 235 cm³/mol. The standard InChI is InChI=1S/C46H53ClN6O5S/c1-31-24-38(9-11-41(31)49-28-32-14-22-57-23-15-32)59(55,56)51-45(54)39-10-8-37(26-43(39)58-44-25-34-13-17-48-42(34)29-50-44)53-20-18-52(19-21-53)30-35-12-16-46(2,3)27-40(35)33-4-6-36(47)7-5-33/h4-11,13,17,24-26,29,32,48-49H,12,14-16,18-23,27-28,30H2,1-3H3,(H,51,54). The van der Waals surface area contributed by atoms with Gasteiger partial charge in [-0.15, -0.1) is 0 Å². The molecule has 0 saturated carbocycles. The van der Waals surface area contributed by atoms with Crippen LogP contribution in [0.5, 0.6) is 11.6 Å². The lowest BCUT2D eigenvalue weighted by atomic mass is 9.72. The quantitative estimate of drug-likeness (QED) is 0.113. The van der Waals surface area contributed by atoms with E-state index in [1.54, 1.807) is 30.5 Å². The number of carbonyl (C=O) groups is 1. The molecule has 1 aliphatic carbocycles. The number of rotatable bonds is 12. The van der Waals surface area contributed by atoms with Crippen LogP contribution >= 0.6 is 11.6 Å². The number of allylic oxidation sites excluding steroid dienone is 1. The van der Waals surface area contributed by atoms with Crippen molar-refractivity contribution in [1.29, 1.82) is 0 Å². The van der Waals surface area contributed by atoms with Crippen molar-refractivity contribution in [1.82, 2.24) is 19.6 Å². The fourth-order valence-corrected chi connectivity index (χ4v) is 9.60. The Morgan fingerprint density at radius 2 is 1.78 bits per heavy atom. The summed E-state index contributed by atoms with van der Waals surface area (Å²) in [6.07, 6.45) is 8.76. The Bertz CT molecular complexity index is 2450. The van der Waals surface area contributed by atoms with Crippen molar-refractivity contribution in [3.63, 3.8) is 0 Å². The summed E-state index contributed by atoms with van der Waals surface area (Å²) in [4.78, 5) is 26.3. The number of pyridine rings is 1. The predicted octanol–water partition coefficient (Wildman–Crippen LogP) is 9.06. The van der Waals surface area contributed by atoms with Gasteiger partial charge in [0, 0.05) is 92.6 Å². The van der Waals surface area contributed by atoms with Gasteiger partial charge in [0.05, 0.1) is 22.2 Å². The van der Waals surface area contributed by atoms with Crippen LogP contribution in [0.15, 0.2) is 95.7 Å². The molecule has 0 radical (unpaired) electrons. The Morgan fingerprint density at radius 1 is 1.00 bits per heavy atom. The number of hydrogen-bond donors (Lipinski definition) is 3. The van der Waals surface area contributed by atoms with Gasteiger partial charge in [0.2, 0.25) is 5.88 Å². The smallest absolute Gasteiger partial charge is 0.268 e. The molecule has 1 amide bonds. The van der Waals surface area contributed by atoms with Crippen molar-refractivity contribution in [2.45, 2.75) is 57.8 Å². The van der Waals surface area contributed by atoms with Crippen LogP contribution in [0.3, 0.4) is 0 Å². The lowest BCUT2D eigenvalue weighted by Crippen LogP contribution is -2.47. The number of hydrogen-bond acceptors (Lipinski definition) is 9. The lowest BCUT2D eigenvalue weighted by molar-refractivity contribution is 0.0699. The average Bonchev–Trinajstić information content (AvgIpc) is 3.70. The summed E-state index contributed by atoms with van der Waals surface area (Å²) in [7, 11) is -4.22. The Morgan fingerprint density at radius 3 is 2.54 bits per heavy atom. The highest BCUT2D eigenvalue weighted by atomic mass is 35.5. The molecule has 2 fully saturated rings. The molecule has 8 rings (SSSR count). The van der Waals surface area contributed by atoms with Crippen molar-refractivity contribution in [3.05, 3.63) is 112 Å². The second-order valence-electron chi connectivity index (χ2n) is 16.9. The monoisotopic (exact) mass is 836 g/mol. The molecule has 2 saturated heterocycles. The Kier molecular flexibility index (Phi) is 12.0. The third-order valence-electron chi connectivity index (χ3n) is 12.0. The summed E-state index contributed by atoms with van der Waals surface area (Å²) in [5.41, 5.74) is 7.89. The number of nitrogens with zero attached hydrogens (tertiary/aromatic N) is 3. The minimum atomic E-state index is -4.22. The molecule has 0 unspecified atom stereocenters. The van der Waals surface area contributed by atoms with Crippen LogP contribution < -0.4 is 19.7 Å². The fourth-order valence-electron chi connectivity index (χ4n) is 8.42. The Balaban J connectivity index is 0.986. The number of amides is 1. The molecule has 2 aliphatic heterocycles. The van der Waals surface area contributed by atoms with Gasteiger partial charge in [0.1, 0.15) is 5.75 Å². The van der Waals surface area contributed by atoms with Gasteiger partial charge in [-0.3, -0.25) is 9.69 Å². The van der Waals surface area contributed by atoms with Crippen molar-refractivity contribution in [2.75, 3.05) is 62.7 Å². The van der Waals surface area contributed by atoms with E-state index in [-0.39, 0.29) is 27.5 Å². The normalized spacial score (nSPS) is 17.9. The first kappa shape index (κ1) is 40.9. The number of nitrogens with one attached hydrogen (secondary N) is 3. The number of sulfonamides is 1. The number of halogens is 1. The summed E-state index contributed by atoms with van der Waals surface area (Å²) < 4.78 is 41.4. The summed E-state index contributed by atoms with van der Waals surface area (Å²) in [5, 5.41) is 5.10. The molecule has 3 N–H and O–H groups in total. The molecular weight excluding hydrogens is 784 g/mol. The summed E-state index contributed by atoms with van der Waals surface area (Å²) >= 11 is 6.25. The number of ether oxygens (including phenoxy) is 2. The second kappa shape index (κ2) is 17.4. The molecule has 0 spiro atoms. The molecule has 59 heavy (non-hydrogen) atoms. The number of aromatic amines is 1. The van der Waals surface area contributed by atoms with Gasteiger partial charge in [-0.25, -0.2) is 18.1 Å². The first-order chi connectivity index (χ1) is 28.4. The zero-order valence-electron chi connectivity index (χ0n) is 34.0. The van der Waals surface area contributed by atoms with Crippen LogP contribution in [0.25, 0.3) is 16.5 Å². The molecule has 5 aromatic rings. The summed E-state index contributed by atoms with van der Waals surface area (Å²) in [6.45, 7) is 13.1. The van der Waals surface area contributed by atoms with Crippen molar-refractivity contribution in [3.8, 4) is 11.6 Å². The number of anilines is 2. The van der Waals surface area contributed by atoms with E-state index in [0.717, 1.165) is 117 Å². The van der Waals surface area contributed by atoms with Crippen LogP contribution in [-0.4, -0.2) is 81.7 Å². The third kappa shape index (κ3) is 9.78. The van der Waals surface area contributed by atoms with Crippen LogP contribution in [0.1, 0.15) is 67.4 Å². The molecule has 13 heteroatoms. The zero-order valence-corrected chi connectivity index (χ0v) is 35.6. The highest BCUT2D eigenvalue weighted by Gasteiger charge is 2.30. The minimum absolute atomic E-state index is 0.00416. The van der Waals surface area contributed by atoms with Crippen LogP contribution in [0.2, 0.25) is 5.02 Å². The maximum Gasteiger partial charge on any atom is 0.268 e. The van der Waals surface area contributed by atoms with Gasteiger partial charge >= 0.3 is 0 Å². The molecule has 4 heterocycles. The number of aryl methyl sites for hydroxylation is 1. The van der Waals surface area contributed by atoms with Crippen LogP contribution in [0, 0.1) is 18.3 Å². The highest BCUT2D eigenvalue weighted by Crippen LogP contribution is 2.43. The summed E-state index contributed by atoms with van der Waals surface area (Å²) in [6, 6.07) is 22.1. The maximum atomic E-state index is 13.9. The van der Waals surface area contributed by atoms with Crippen LogP contribution in [-0.2, 0) is 14.8 Å². The van der Waals surface area contributed by atoms with E-state index in [1.807, 2.05) is 43.5 Å². The number of H-pyrrole nitrogens is 1. The second-order valence-corrected chi connectivity index (χ2v) is 19.0. The molecule has 0 bridgehead atoms. The minimum Gasteiger partial charge on any atom is -0.438 e. The number of aromatic nitrogens is 2. The van der Waals surface area contributed by atoms with Gasteiger partial charge in [0.25, 0.3) is 15.9 Å². The van der Waals surface area contributed by atoms with Crippen molar-refractivity contribution in [2.24, 2.45) is 11.3 Å². The molecule has 3 aromatic carbocycles. The van der Waals surface area contributed by atoms with Gasteiger partial charge in [-0.05, 0) is 116 Å². The number of carbonyl (C=O) groups excluding carboxylic acids is 1. The molecule has 2 aromatic heterocycles. The van der Waals surface area contributed by atoms with E-state index in [0.29, 0.717) is 5.92 Å². The van der Waals surface area contributed by atoms with Gasteiger partial charge in [0.15, 0.2) is 0 Å². The highest BCUT2D eigenvalue weighted by molar-refractivity contribution is 7.90. The Labute approximate surface area is 352 Å². The first-order valence-corrected chi connectivity index (χ1v) is 22.4. The molecule has 0 atom stereocenters. The van der Waals surface area contributed by atoms with E-state index in [4.69, 9.17) is 21.1 Å². The van der Waals surface area contributed by atoms with Crippen molar-refractivity contribution < 1.29 is 22.7 Å². The summed E-state index contributed by atoms with van der Waals surface area (Å²) in [5.74, 6) is 0.214. The van der Waals surface area contributed by atoms with Gasteiger partial charge < -0.3 is 24.7 Å². The third-order valence-corrected chi connectivity index (χ3v) is 13.6. The molecule has 310 valence electrons. The molecular formula is C46H53ClN6O5S. The van der Waals surface area contributed by atoms with E-state index in [2.05, 4.69) is 55.8 Å². The number of benzene rings is 3. The van der Waals surface area contributed by atoms with Crippen LogP contribution in [0.4, 0.5) is 11.4 Å². The first-order valence-electron chi connectivity index (χ1n) is 20.6. The largest absolute Gasteiger partial charge is 0.438 e. The van der Waals surface area contributed by atoms with Gasteiger partial charge in [-0.1, -0.05) is 43.2 Å². The van der Waals surface area contributed by atoms with E-state index >= 15 is 0 Å². The fraction of sp³-hybridized carbons (Fsp3) is 0.391. The number of fused-ring (bicyclic) bond motifs is 1. The zero-order chi connectivity index (χ0) is 41.1.